The number of benzene rings is 1. The predicted octanol–water partition coefficient (Wildman–Crippen LogP) is 5.15. The molecule has 25 heavy (non-hydrogen) atoms. The molecule has 1 aliphatic rings. The van der Waals surface area contributed by atoms with Gasteiger partial charge in [0.05, 0.1) is 20.6 Å². The number of hydrogen-bond acceptors (Lipinski definition) is 4. The predicted molar refractivity (Wildman–Crippen MR) is 101 cm³/mol. The average molecular weight is 396 g/mol. The molecule has 0 atom stereocenters. The molecule has 1 aromatic heterocycles. The summed E-state index contributed by atoms with van der Waals surface area (Å²) in [5.41, 5.74) is 0.690. The van der Waals surface area contributed by atoms with E-state index in [4.69, 9.17) is 23.2 Å². The van der Waals surface area contributed by atoms with Gasteiger partial charge in [0, 0.05) is 24.5 Å². The van der Waals surface area contributed by atoms with Crippen molar-refractivity contribution in [1.82, 2.24) is 9.88 Å². The molecule has 0 spiro atoms. The molecule has 4 nitrogen and oxygen atoms in total. The molecule has 128 valence electrons. The van der Waals surface area contributed by atoms with E-state index < -0.39 is 5.82 Å². The quantitative estimate of drug-likeness (QED) is 0.674. The zero-order valence-corrected chi connectivity index (χ0v) is 15.4. The molecule has 2 aromatic rings. The van der Waals surface area contributed by atoms with Crippen LogP contribution in [0.1, 0.15) is 12.5 Å². The van der Waals surface area contributed by atoms with E-state index in [0.717, 1.165) is 11.8 Å². The Morgan fingerprint density at radius 2 is 2.12 bits per heavy atom. The van der Waals surface area contributed by atoms with E-state index in [1.54, 1.807) is 18.3 Å². The summed E-state index contributed by atoms with van der Waals surface area (Å²) in [5, 5.41) is 1.10. The Bertz CT molecular complexity index is 881. The van der Waals surface area contributed by atoms with Crippen LogP contribution in [0.4, 0.5) is 10.1 Å². The van der Waals surface area contributed by atoms with E-state index in [9.17, 15) is 9.18 Å². The minimum Gasteiger partial charge on any atom is -0.287 e. The number of aliphatic imine (C=N–C) groups is 1. The maximum absolute atomic E-state index is 14.0. The third-order valence-electron chi connectivity index (χ3n) is 3.45. The molecule has 0 bridgehead atoms. The van der Waals surface area contributed by atoms with Crippen LogP contribution in [0.2, 0.25) is 10.0 Å². The first kappa shape index (κ1) is 17.9. The lowest BCUT2D eigenvalue weighted by atomic mass is 10.2. The third kappa shape index (κ3) is 3.71. The molecule has 1 saturated heterocycles. The molecular formula is C17H12Cl2FN3OS. The second kappa shape index (κ2) is 7.56. The van der Waals surface area contributed by atoms with Gasteiger partial charge in [0.1, 0.15) is 5.82 Å². The largest absolute Gasteiger partial charge is 0.287 e. The van der Waals surface area contributed by atoms with Crippen LogP contribution < -0.4 is 0 Å². The summed E-state index contributed by atoms with van der Waals surface area (Å²) in [4.78, 5) is 22.8. The van der Waals surface area contributed by atoms with Crippen molar-refractivity contribution in [1.29, 1.82) is 0 Å². The van der Waals surface area contributed by atoms with Crippen LogP contribution >= 0.6 is 35.0 Å². The molecule has 0 N–H and O–H groups in total. The number of rotatable bonds is 3. The molecule has 1 aliphatic heterocycles. The number of amides is 1. The molecular weight excluding hydrogens is 384 g/mol. The second-order valence-corrected chi connectivity index (χ2v) is 6.84. The monoisotopic (exact) mass is 395 g/mol. The maximum Gasteiger partial charge on any atom is 0.266 e. The summed E-state index contributed by atoms with van der Waals surface area (Å²) in [5.74, 6) is -0.741. The summed E-state index contributed by atoms with van der Waals surface area (Å²) >= 11 is 13.3. The molecule has 0 saturated carbocycles. The van der Waals surface area contributed by atoms with Crippen molar-refractivity contribution in [2.75, 3.05) is 6.54 Å². The number of thioether (sulfide) groups is 1. The Morgan fingerprint density at radius 1 is 1.32 bits per heavy atom. The van der Waals surface area contributed by atoms with Gasteiger partial charge < -0.3 is 0 Å². The fraction of sp³-hybridized carbons (Fsp3) is 0.118. The van der Waals surface area contributed by atoms with E-state index in [0.29, 0.717) is 27.3 Å². The van der Waals surface area contributed by atoms with Crippen molar-refractivity contribution in [3.63, 3.8) is 0 Å². The normalized spacial score (nSPS) is 17.8. The van der Waals surface area contributed by atoms with Gasteiger partial charge in [0.25, 0.3) is 5.91 Å². The summed E-state index contributed by atoms with van der Waals surface area (Å²) < 4.78 is 14.0. The Hall–Kier alpha value is -1.89. The highest BCUT2D eigenvalue weighted by atomic mass is 35.5. The summed E-state index contributed by atoms with van der Waals surface area (Å²) in [6.07, 6.45) is 4.50. The molecule has 0 aliphatic carbocycles. The van der Waals surface area contributed by atoms with Crippen molar-refractivity contribution in [3.05, 3.63) is 63.0 Å². The molecule has 1 aromatic carbocycles. The highest BCUT2D eigenvalue weighted by molar-refractivity contribution is 8.18. The van der Waals surface area contributed by atoms with Crippen LogP contribution in [-0.2, 0) is 4.79 Å². The number of carbonyl (C=O) groups excluding carboxylic acids is 1. The standard InChI is InChI=1S/C17H12Cl2FN3OS/c1-2-23-16(24)15(8-10-11(18)4-3-5-13(10)20)25-17(23)22-14-6-7-21-9-12(14)19/h3-9H,2H2,1H3/b15-8-,22-17?. The van der Waals surface area contributed by atoms with Crippen molar-refractivity contribution in [2.45, 2.75) is 6.92 Å². The van der Waals surface area contributed by atoms with E-state index in [2.05, 4.69) is 9.98 Å². The fourth-order valence-corrected chi connectivity index (χ4v) is 3.63. The highest BCUT2D eigenvalue weighted by Crippen LogP contribution is 2.36. The van der Waals surface area contributed by atoms with Crippen LogP contribution in [0.15, 0.2) is 46.6 Å². The Kier molecular flexibility index (Phi) is 5.42. The minimum atomic E-state index is -0.487. The van der Waals surface area contributed by atoms with Crippen LogP contribution in [0.25, 0.3) is 6.08 Å². The lowest BCUT2D eigenvalue weighted by Gasteiger charge is -2.12. The van der Waals surface area contributed by atoms with E-state index >= 15 is 0 Å². The Balaban J connectivity index is 2.01. The fourth-order valence-electron chi connectivity index (χ4n) is 2.21. The van der Waals surface area contributed by atoms with E-state index in [1.165, 1.54) is 29.3 Å². The van der Waals surface area contributed by atoms with Crippen molar-refractivity contribution >= 4 is 57.8 Å². The van der Waals surface area contributed by atoms with Gasteiger partial charge in [0.2, 0.25) is 0 Å². The number of nitrogens with zero attached hydrogens (tertiary/aromatic N) is 3. The SMILES string of the molecule is CCN1C(=O)/C(=C/c2c(F)cccc2Cl)SC1=Nc1ccncc1Cl. The number of amidine groups is 1. The number of likely N-dealkylation sites (N-methyl/N-ethyl adjacent to an activating group) is 1. The molecule has 2 heterocycles. The Labute approximate surface area is 158 Å². The first-order chi connectivity index (χ1) is 12.0. The van der Waals surface area contributed by atoms with E-state index in [1.807, 2.05) is 6.92 Å². The molecule has 1 fully saturated rings. The van der Waals surface area contributed by atoms with Crippen LogP contribution in [-0.4, -0.2) is 27.5 Å². The van der Waals surface area contributed by atoms with Gasteiger partial charge >= 0.3 is 0 Å². The molecule has 0 unspecified atom stereocenters. The van der Waals surface area contributed by atoms with Crippen molar-refractivity contribution in [2.24, 2.45) is 4.99 Å². The van der Waals surface area contributed by atoms with Gasteiger partial charge in [-0.2, -0.15) is 0 Å². The van der Waals surface area contributed by atoms with Crippen molar-refractivity contribution < 1.29 is 9.18 Å². The first-order valence-electron chi connectivity index (χ1n) is 7.35. The summed E-state index contributed by atoms with van der Waals surface area (Å²) in [7, 11) is 0. The average Bonchev–Trinajstić information content (AvgIpc) is 2.88. The number of carbonyl (C=O) groups is 1. The minimum absolute atomic E-state index is 0.180. The van der Waals surface area contributed by atoms with Gasteiger partial charge in [-0.1, -0.05) is 29.3 Å². The first-order valence-corrected chi connectivity index (χ1v) is 8.92. The highest BCUT2D eigenvalue weighted by Gasteiger charge is 2.32. The molecule has 1 amide bonds. The molecule has 3 rings (SSSR count). The van der Waals surface area contributed by atoms with Crippen molar-refractivity contribution in [3.8, 4) is 0 Å². The van der Waals surface area contributed by atoms with Gasteiger partial charge in [-0.15, -0.1) is 0 Å². The maximum atomic E-state index is 14.0. The van der Waals surface area contributed by atoms with E-state index in [-0.39, 0.29) is 16.5 Å². The zero-order valence-electron chi connectivity index (χ0n) is 13.0. The zero-order chi connectivity index (χ0) is 18.0. The van der Waals surface area contributed by atoms with Gasteiger partial charge in [-0.3, -0.25) is 14.7 Å². The number of aromatic nitrogens is 1. The van der Waals surface area contributed by atoms with Gasteiger partial charge in [-0.05, 0) is 43.0 Å². The third-order valence-corrected chi connectivity index (χ3v) is 5.07. The van der Waals surface area contributed by atoms with Crippen LogP contribution in [0.3, 0.4) is 0 Å². The topological polar surface area (TPSA) is 45.6 Å². The number of pyridine rings is 1. The second-order valence-electron chi connectivity index (χ2n) is 5.02. The summed E-state index contributed by atoms with van der Waals surface area (Å²) in [6.45, 7) is 2.26. The van der Waals surface area contributed by atoms with Crippen LogP contribution in [0.5, 0.6) is 0 Å². The molecule has 8 heteroatoms. The number of halogens is 3. The van der Waals surface area contributed by atoms with Crippen LogP contribution in [0, 0.1) is 5.82 Å². The van der Waals surface area contributed by atoms with Gasteiger partial charge in [-0.25, -0.2) is 9.38 Å². The Morgan fingerprint density at radius 3 is 2.80 bits per heavy atom. The number of hydrogen-bond donors (Lipinski definition) is 0. The smallest absolute Gasteiger partial charge is 0.266 e. The summed E-state index contributed by atoms with van der Waals surface area (Å²) in [6, 6.07) is 6.04. The lowest BCUT2D eigenvalue weighted by Crippen LogP contribution is -2.28. The lowest BCUT2D eigenvalue weighted by molar-refractivity contribution is -0.122. The molecule has 0 radical (unpaired) electrons. The van der Waals surface area contributed by atoms with Gasteiger partial charge in [0.15, 0.2) is 5.17 Å².